The maximum Gasteiger partial charge on any atom is 0.190 e. The monoisotopic (exact) mass is 491 g/mol. The SMILES string of the molecule is CN=C(NCCCn1ccnc1)NCCc1ccc(S(C)(=O)=O)cc1.I. The number of rotatable bonds is 8. The van der Waals surface area contributed by atoms with Gasteiger partial charge in [-0.05, 0) is 30.5 Å². The van der Waals surface area contributed by atoms with Gasteiger partial charge in [0.25, 0.3) is 0 Å². The third-order valence-corrected chi connectivity index (χ3v) is 4.85. The molecule has 2 rings (SSSR count). The Morgan fingerprint density at radius 1 is 1.19 bits per heavy atom. The van der Waals surface area contributed by atoms with Crippen LogP contribution in [0.15, 0.2) is 52.9 Å². The van der Waals surface area contributed by atoms with E-state index in [1.165, 1.54) is 6.26 Å². The molecule has 0 saturated heterocycles. The van der Waals surface area contributed by atoms with Gasteiger partial charge in [0.1, 0.15) is 0 Å². The summed E-state index contributed by atoms with van der Waals surface area (Å²) in [6, 6.07) is 6.99. The molecule has 0 atom stereocenters. The van der Waals surface area contributed by atoms with Crippen LogP contribution in [0.5, 0.6) is 0 Å². The van der Waals surface area contributed by atoms with Crippen LogP contribution in [-0.2, 0) is 22.8 Å². The van der Waals surface area contributed by atoms with Crippen LogP contribution >= 0.6 is 24.0 Å². The van der Waals surface area contributed by atoms with E-state index >= 15 is 0 Å². The highest BCUT2D eigenvalue weighted by atomic mass is 127. The summed E-state index contributed by atoms with van der Waals surface area (Å²) < 4.78 is 24.9. The number of imidazole rings is 1. The molecule has 26 heavy (non-hydrogen) atoms. The number of sulfone groups is 1. The lowest BCUT2D eigenvalue weighted by Gasteiger charge is -2.12. The fourth-order valence-electron chi connectivity index (χ4n) is 2.34. The zero-order valence-corrected chi connectivity index (χ0v) is 18.2. The van der Waals surface area contributed by atoms with E-state index in [9.17, 15) is 8.42 Å². The molecule has 2 N–H and O–H groups in total. The van der Waals surface area contributed by atoms with Crippen LogP contribution in [0.25, 0.3) is 0 Å². The molecule has 0 radical (unpaired) electrons. The summed E-state index contributed by atoms with van der Waals surface area (Å²) in [6.45, 7) is 2.46. The second-order valence-electron chi connectivity index (χ2n) is 5.75. The van der Waals surface area contributed by atoms with Gasteiger partial charge in [0, 0.05) is 45.3 Å². The van der Waals surface area contributed by atoms with Crippen molar-refractivity contribution in [1.29, 1.82) is 0 Å². The molecule has 144 valence electrons. The largest absolute Gasteiger partial charge is 0.356 e. The van der Waals surface area contributed by atoms with E-state index in [1.54, 1.807) is 25.4 Å². The molecule has 0 aliphatic rings. The van der Waals surface area contributed by atoms with E-state index in [-0.39, 0.29) is 24.0 Å². The van der Waals surface area contributed by atoms with Crippen LogP contribution in [0.4, 0.5) is 0 Å². The number of aliphatic imine (C=N–C) groups is 1. The van der Waals surface area contributed by atoms with Crippen molar-refractivity contribution in [3.63, 3.8) is 0 Å². The van der Waals surface area contributed by atoms with Crippen LogP contribution in [-0.4, -0.2) is 50.3 Å². The van der Waals surface area contributed by atoms with Gasteiger partial charge in [0.05, 0.1) is 11.2 Å². The molecule has 0 spiro atoms. The zero-order valence-electron chi connectivity index (χ0n) is 15.1. The average Bonchev–Trinajstić information content (AvgIpc) is 3.10. The minimum atomic E-state index is -3.14. The van der Waals surface area contributed by atoms with Crippen LogP contribution in [0.1, 0.15) is 12.0 Å². The first-order valence-corrected chi connectivity index (χ1v) is 10.1. The van der Waals surface area contributed by atoms with Gasteiger partial charge >= 0.3 is 0 Å². The van der Waals surface area contributed by atoms with Gasteiger partial charge in [-0.2, -0.15) is 0 Å². The summed E-state index contributed by atoms with van der Waals surface area (Å²) in [5.41, 5.74) is 1.08. The third-order valence-electron chi connectivity index (χ3n) is 3.73. The maximum absolute atomic E-state index is 11.4. The Balaban J connectivity index is 0.00000338. The summed E-state index contributed by atoms with van der Waals surface area (Å²) >= 11 is 0. The van der Waals surface area contributed by atoms with Crippen molar-refractivity contribution < 1.29 is 8.42 Å². The minimum absolute atomic E-state index is 0. The number of aryl methyl sites for hydroxylation is 1. The van der Waals surface area contributed by atoms with Gasteiger partial charge in [-0.25, -0.2) is 13.4 Å². The van der Waals surface area contributed by atoms with Crippen molar-refractivity contribution in [2.24, 2.45) is 4.99 Å². The fraction of sp³-hybridized carbons (Fsp3) is 0.412. The van der Waals surface area contributed by atoms with Gasteiger partial charge < -0.3 is 15.2 Å². The number of hydrogen-bond acceptors (Lipinski definition) is 4. The van der Waals surface area contributed by atoms with Crippen LogP contribution in [0, 0.1) is 0 Å². The van der Waals surface area contributed by atoms with E-state index in [2.05, 4.69) is 20.6 Å². The van der Waals surface area contributed by atoms with Crippen LogP contribution in [0.3, 0.4) is 0 Å². The van der Waals surface area contributed by atoms with Crippen molar-refractivity contribution in [3.8, 4) is 0 Å². The summed E-state index contributed by atoms with van der Waals surface area (Å²) in [7, 11) is -1.39. The van der Waals surface area contributed by atoms with Gasteiger partial charge in [-0.3, -0.25) is 4.99 Å². The summed E-state index contributed by atoms with van der Waals surface area (Å²) in [4.78, 5) is 8.56. The van der Waals surface area contributed by atoms with E-state index in [0.29, 0.717) is 4.90 Å². The number of hydrogen-bond donors (Lipinski definition) is 2. The predicted octanol–water partition coefficient (Wildman–Crippen LogP) is 1.70. The topological polar surface area (TPSA) is 88.4 Å². The highest BCUT2D eigenvalue weighted by molar-refractivity contribution is 14.0. The maximum atomic E-state index is 11.4. The molecule has 1 aromatic carbocycles. The normalized spacial score (nSPS) is 11.7. The van der Waals surface area contributed by atoms with Crippen molar-refractivity contribution >= 4 is 39.8 Å². The second-order valence-corrected chi connectivity index (χ2v) is 7.76. The summed E-state index contributed by atoms with van der Waals surface area (Å²) in [6.07, 6.45) is 8.51. The second kappa shape index (κ2) is 11.2. The lowest BCUT2D eigenvalue weighted by Crippen LogP contribution is -2.38. The molecule has 0 saturated carbocycles. The summed E-state index contributed by atoms with van der Waals surface area (Å²) in [5.74, 6) is 0.762. The highest BCUT2D eigenvalue weighted by Crippen LogP contribution is 2.10. The Morgan fingerprint density at radius 3 is 2.46 bits per heavy atom. The Labute approximate surface area is 172 Å². The molecule has 1 heterocycles. The van der Waals surface area contributed by atoms with Gasteiger partial charge in [-0.1, -0.05) is 12.1 Å². The average molecular weight is 491 g/mol. The Hall–Kier alpha value is -1.62. The molecule has 0 fully saturated rings. The Kier molecular flexibility index (Phi) is 9.63. The molecule has 0 unspecified atom stereocenters. The predicted molar refractivity (Wildman–Crippen MR) is 115 cm³/mol. The first kappa shape index (κ1) is 22.4. The first-order chi connectivity index (χ1) is 12.0. The number of guanidine groups is 1. The van der Waals surface area contributed by atoms with Crippen molar-refractivity contribution in [2.75, 3.05) is 26.4 Å². The molecular weight excluding hydrogens is 465 g/mol. The summed E-state index contributed by atoms with van der Waals surface area (Å²) in [5, 5.41) is 6.53. The fourth-order valence-corrected chi connectivity index (χ4v) is 2.97. The van der Waals surface area contributed by atoms with Crippen molar-refractivity contribution in [1.82, 2.24) is 20.2 Å². The number of halogens is 1. The first-order valence-electron chi connectivity index (χ1n) is 8.18. The third kappa shape index (κ3) is 7.73. The Morgan fingerprint density at radius 2 is 1.88 bits per heavy atom. The van der Waals surface area contributed by atoms with Gasteiger partial charge in [0.2, 0.25) is 0 Å². The van der Waals surface area contributed by atoms with Crippen molar-refractivity contribution in [3.05, 3.63) is 48.5 Å². The van der Waals surface area contributed by atoms with E-state index in [1.807, 2.05) is 29.2 Å². The molecule has 7 nitrogen and oxygen atoms in total. The highest BCUT2D eigenvalue weighted by Gasteiger charge is 2.06. The number of nitrogens with zero attached hydrogens (tertiary/aromatic N) is 3. The van der Waals surface area contributed by atoms with Gasteiger partial charge in [-0.15, -0.1) is 24.0 Å². The smallest absolute Gasteiger partial charge is 0.190 e. The van der Waals surface area contributed by atoms with Crippen LogP contribution in [0.2, 0.25) is 0 Å². The number of benzene rings is 1. The molecule has 0 amide bonds. The number of aromatic nitrogens is 2. The molecule has 0 aliphatic heterocycles. The van der Waals surface area contributed by atoms with Gasteiger partial charge in [0.15, 0.2) is 15.8 Å². The molecule has 0 bridgehead atoms. The zero-order chi connectivity index (χ0) is 18.1. The molecule has 9 heteroatoms. The Bertz CT molecular complexity index is 774. The standard InChI is InChI=1S/C17H25N5O2S.HI/c1-18-17(20-9-3-12-22-13-11-19-14-22)21-10-8-15-4-6-16(7-5-15)25(2,23)24;/h4-7,11,13-14H,3,8-10,12H2,1-2H3,(H2,18,20,21);1H. The molecule has 2 aromatic rings. The van der Waals surface area contributed by atoms with E-state index < -0.39 is 9.84 Å². The van der Waals surface area contributed by atoms with Crippen molar-refractivity contribution in [2.45, 2.75) is 24.3 Å². The molecule has 0 aliphatic carbocycles. The quantitative estimate of drug-likeness (QED) is 0.254. The lowest BCUT2D eigenvalue weighted by molar-refractivity contribution is 0.602. The van der Waals surface area contributed by atoms with E-state index in [0.717, 1.165) is 44.0 Å². The molecular formula is C17H26IN5O2S. The van der Waals surface area contributed by atoms with Crippen LogP contribution < -0.4 is 10.6 Å². The lowest BCUT2D eigenvalue weighted by atomic mass is 10.1. The minimum Gasteiger partial charge on any atom is -0.356 e. The molecule has 1 aromatic heterocycles. The van der Waals surface area contributed by atoms with E-state index in [4.69, 9.17) is 0 Å². The number of nitrogens with one attached hydrogen (secondary N) is 2.